The maximum atomic E-state index is 11.9. The summed E-state index contributed by atoms with van der Waals surface area (Å²) in [6, 6.07) is 3.29. The van der Waals surface area contributed by atoms with Crippen LogP contribution in [0.4, 0.5) is 10.5 Å². The van der Waals surface area contributed by atoms with Crippen molar-refractivity contribution in [2.45, 2.75) is 4.90 Å². The summed E-state index contributed by atoms with van der Waals surface area (Å²) in [7, 11) is -2.35. The number of nitrogens with two attached hydrogens (primary N) is 1. The number of nitrogens with one attached hydrogen (secondary N) is 1. The first-order valence-corrected chi connectivity index (χ1v) is 6.64. The van der Waals surface area contributed by atoms with E-state index in [0.717, 1.165) is 0 Å². The lowest BCUT2D eigenvalue weighted by Gasteiger charge is -2.11. The predicted molar refractivity (Wildman–Crippen MR) is 65.3 cm³/mol. The molecule has 4 N–H and O–H groups in total. The van der Waals surface area contributed by atoms with E-state index in [1.807, 2.05) is 0 Å². The zero-order valence-corrected chi connectivity index (χ0v) is 10.5. The summed E-state index contributed by atoms with van der Waals surface area (Å²) in [6.45, 7) is -0.501. The first-order valence-electron chi connectivity index (χ1n) is 4.99. The van der Waals surface area contributed by atoms with Gasteiger partial charge in [0.1, 0.15) is 10.6 Å². The van der Waals surface area contributed by atoms with E-state index in [0.29, 0.717) is 0 Å². The second kappa shape index (κ2) is 5.69. The number of carbonyl (C=O) groups excluding carboxylic acids is 1. The van der Waals surface area contributed by atoms with Crippen LogP contribution in [0.5, 0.6) is 5.75 Å². The van der Waals surface area contributed by atoms with Gasteiger partial charge in [0.2, 0.25) is 0 Å². The largest absolute Gasteiger partial charge is 0.495 e. The SMILES string of the molecule is COc1ccc(NC(N)=O)cc1S(=O)(=O)CCO. The van der Waals surface area contributed by atoms with Crippen molar-refractivity contribution in [2.24, 2.45) is 5.73 Å². The van der Waals surface area contributed by atoms with E-state index in [2.05, 4.69) is 5.32 Å². The van der Waals surface area contributed by atoms with Gasteiger partial charge in [0.05, 0.1) is 19.5 Å². The van der Waals surface area contributed by atoms with Gasteiger partial charge in [0.25, 0.3) is 0 Å². The molecule has 1 rings (SSSR count). The van der Waals surface area contributed by atoms with Gasteiger partial charge in [-0.1, -0.05) is 0 Å². The first kappa shape index (κ1) is 14.3. The van der Waals surface area contributed by atoms with Crippen LogP contribution in [0.15, 0.2) is 23.1 Å². The fourth-order valence-electron chi connectivity index (χ4n) is 1.37. The Bertz CT molecular complexity index is 541. The monoisotopic (exact) mass is 274 g/mol. The Hall–Kier alpha value is -1.80. The fourth-order valence-corrected chi connectivity index (χ4v) is 2.59. The summed E-state index contributed by atoms with van der Waals surface area (Å²) in [4.78, 5) is 10.6. The van der Waals surface area contributed by atoms with E-state index in [-0.39, 0.29) is 16.3 Å². The molecule has 0 aromatic heterocycles. The van der Waals surface area contributed by atoms with Crippen molar-refractivity contribution in [3.63, 3.8) is 0 Å². The highest BCUT2D eigenvalue weighted by Gasteiger charge is 2.19. The van der Waals surface area contributed by atoms with Crippen LogP contribution in [-0.2, 0) is 9.84 Å². The van der Waals surface area contributed by atoms with Gasteiger partial charge in [-0.05, 0) is 18.2 Å². The number of aliphatic hydroxyl groups is 1. The van der Waals surface area contributed by atoms with Gasteiger partial charge < -0.3 is 20.9 Å². The van der Waals surface area contributed by atoms with Crippen LogP contribution in [0.1, 0.15) is 0 Å². The Kier molecular flexibility index (Phi) is 4.51. The van der Waals surface area contributed by atoms with Crippen LogP contribution < -0.4 is 15.8 Å². The topological polar surface area (TPSA) is 119 Å². The Morgan fingerprint density at radius 3 is 2.67 bits per heavy atom. The van der Waals surface area contributed by atoms with Crippen LogP contribution in [0.3, 0.4) is 0 Å². The molecule has 7 nitrogen and oxygen atoms in total. The molecule has 100 valence electrons. The Balaban J connectivity index is 3.26. The number of amides is 2. The Morgan fingerprint density at radius 1 is 1.50 bits per heavy atom. The van der Waals surface area contributed by atoms with Crippen molar-refractivity contribution in [3.8, 4) is 5.75 Å². The summed E-state index contributed by atoms with van der Waals surface area (Å²) in [6.07, 6.45) is 0. The number of benzene rings is 1. The van der Waals surface area contributed by atoms with Gasteiger partial charge in [0, 0.05) is 5.69 Å². The maximum Gasteiger partial charge on any atom is 0.316 e. The quantitative estimate of drug-likeness (QED) is 0.695. The predicted octanol–water partition coefficient (Wildman–Crippen LogP) is -0.0482. The van der Waals surface area contributed by atoms with E-state index in [1.165, 1.54) is 25.3 Å². The van der Waals surface area contributed by atoms with Crippen molar-refractivity contribution in [1.29, 1.82) is 0 Å². The smallest absolute Gasteiger partial charge is 0.316 e. The molecular formula is C10H14N2O5S. The highest BCUT2D eigenvalue weighted by atomic mass is 32.2. The number of sulfone groups is 1. The summed E-state index contributed by atoms with van der Waals surface area (Å²) >= 11 is 0. The molecule has 0 bridgehead atoms. The maximum absolute atomic E-state index is 11.9. The van der Waals surface area contributed by atoms with E-state index < -0.39 is 28.2 Å². The number of hydrogen-bond donors (Lipinski definition) is 3. The molecule has 18 heavy (non-hydrogen) atoms. The van der Waals surface area contributed by atoms with Crippen LogP contribution in [0, 0.1) is 0 Å². The highest BCUT2D eigenvalue weighted by Crippen LogP contribution is 2.27. The standard InChI is InChI=1S/C10H14N2O5S/c1-17-8-3-2-7(12-10(11)14)6-9(8)18(15,16)5-4-13/h2-3,6,13H,4-5H2,1H3,(H3,11,12,14). The summed E-state index contributed by atoms with van der Waals surface area (Å²) in [5.41, 5.74) is 5.18. The molecule has 0 aliphatic carbocycles. The Morgan fingerprint density at radius 2 is 2.17 bits per heavy atom. The van der Waals surface area contributed by atoms with Gasteiger partial charge in [0.15, 0.2) is 9.84 Å². The molecule has 0 unspecified atom stereocenters. The molecule has 1 aromatic rings. The summed E-state index contributed by atoms with van der Waals surface area (Å²) in [5.74, 6) is -0.290. The van der Waals surface area contributed by atoms with Crippen LogP contribution >= 0.6 is 0 Å². The molecular weight excluding hydrogens is 260 g/mol. The minimum Gasteiger partial charge on any atom is -0.495 e. The normalized spacial score (nSPS) is 11.0. The lowest BCUT2D eigenvalue weighted by Crippen LogP contribution is -2.19. The number of rotatable bonds is 5. The van der Waals surface area contributed by atoms with Gasteiger partial charge in [-0.15, -0.1) is 0 Å². The third-order valence-electron chi connectivity index (χ3n) is 2.13. The molecule has 1 aromatic carbocycles. The molecule has 0 aliphatic rings. The van der Waals surface area contributed by atoms with Crippen molar-refractivity contribution < 1.29 is 23.1 Å². The van der Waals surface area contributed by atoms with Gasteiger partial charge in [-0.2, -0.15) is 0 Å². The zero-order chi connectivity index (χ0) is 13.8. The average molecular weight is 274 g/mol. The third kappa shape index (κ3) is 3.34. The molecule has 0 atom stereocenters. The third-order valence-corrected chi connectivity index (χ3v) is 3.84. The second-order valence-corrected chi connectivity index (χ2v) is 5.47. The van der Waals surface area contributed by atoms with Crippen molar-refractivity contribution in [1.82, 2.24) is 0 Å². The average Bonchev–Trinajstić information content (AvgIpc) is 2.28. The molecule has 0 fully saturated rings. The summed E-state index contributed by atoms with van der Waals surface area (Å²) in [5, 5.41) is 11.0. The fraction of sp³-hybridized carbons (Fsp3) is 0.300. The molecule has 0 saturated carbocycles. The number of hydrogen-bond acceptors (Lipinski definition) is 5. The van der Waals surface area contributed by atoms with E-state index in [9.17, 15) is 13.2 Å². The van der Waals surface area contributed by atoms with E-state index in [4.69, 9.17) is 15.6 Å². The van der Waals surface area contributed by atoms with Crippen LogP contribution in [0.2, 0.25) is 0 Å². The zero-order valence-electron chi connectivity index (χ0n) is 9.71. The molecule has 0 spiro atoms. The number of aliphatic hydroxyl groups excluding tert-OH is 1. The second-order valence-electron chi connectivity index (χ2n) is 3.40. The molecule has 0 aliphatic heterocycles. The lowest BCUT2D eigenvalue weighted by atomic mass is 10.3. The lowest BCUT2D eigenvalue weighted by molar-refractivity contribution is 0.259. The number of ether oxygens (including phenoxy) is 1. The van der Waals surface area contributed by atoms with Crippen LogP contribution in [-0.4, -0.2) is 39.0 Å². The molecule has 0 saturated heterocycles. The highest BCUT2D eigenvalue weighted by molar-refractivity contribution is 7.91. The number of carbonyl (C=O) groups is 1. The number of urea groups is 1. The van der Waals surface area contributed by atoms with Gasteiger partial charge in [-0.25, -0.2) is 13.2 Å². The number of methoxy groups -OCH3 is 1. The molecule has 0 heterocycles. The van der Waals surface area contributed by atoms with Crippen molar-refractivity contribution in [2.75, 3.05) is 24.8 Å². The van der Waals surface area contributed by atoms with Crippen LogP contribution in [0.25, 0.3) is 0 Å². The molecule has 0 radical (unpaired) electrons. The number of anilines is 1. The Labute approximate surface area is 104 Å². The minimum atomic E-state index is -3.68. The van der Waals surface area contributed by atoms with Crippen molar-refractivity contribution in [3.05, 3.63) is 18.2 Å². The van der Waals surface area contributed by atoms with E-state index >= 15 is 0 Å². The van der Waals surface area contributed by atoms with E-state index in [1.54, 1.807) is 0 Å². The first-order chi connectivity index (χ1) is 8.40. The molecule has 2 amide bonds. The van der Waals surface area contributed by atoms with Gasteiger partial charge >= 0.3 is 6.03 Å². The van der Waals surface area contributed by atoms with Crippen molar-refractivity contribution >= 4 is 21.6 Å². The minimum absolute atomic E-state index is 0.106. The molecule has 8 heteroatoms. The van der Waals surface area contributed by atoms with Gasteiger partial charge in [-0.3, -0.25) is 0 Å². The number of primary amides is 1. The summed E-state index contributed by atoms with van der Waals surface area (Å²) < 4.78 is 28.7.